The first-order valence-corrected chi connectivity index (χ1v) is 6.25. The van der Waals surface area contributed by atoms with Crippen molar-refractivity contribution in [2.75, 3.05) is 26.3 Å². The van der Waals surface area contributed by atoms with E-state index in [-0.39, 0.29) is 19.1 Å². The van der Waals surface area contributed by atoms with Crippen molar-refractivity contribution in [3.05, 3.63) is 0 Å². The number of carbonyl (C=O) groups excluding carboxylic acids is 1. The highest BCUT2D eigenvalue weighted by Crippen LogP contribution is 2.04. The molecular formula is C12H25NO3. The summed E-state index contributed by atoms with van der Waals surface area (Å²) in [6.45, 7) is 3.53. The SMILES string of the molecule is CCCCCC(=O)N(CCCO)CCCO. The standard InChI is InChI=1S/C12H25NO3/c1-2-3-4-7-12(16)13(8-5-10-14)9-6-11-15/h14-15H,2-11H2,1H3. The van der Waals surface area contributed by atoms with Crippen molar-refractivity contribution < 1.29 is 15.0 Å². The fourth-order valence-corrected chi connectivity index (χ4v) is 1.57. The minimum absolute atomic E-state index is 0.109. The van der Waals surface area contributed by atoms with Crippen molar-refractivity contribution in [2.24, 2.45) is 0 Å². The molecule has 2 N–H and O–H groups in total. The van der Waals surface area contributed by atoms with Gasteiger partial charge in [-0.2, -0.15) is 0 Å². The number of amides is 1. The Hall–Kier alpha value is -0.610. The molecule has 0 aliphatic heterocycles. The molecule has 96 valence electrons. The quantitative estimate of drug-likeness (QED) is 0.555. The molecule has 4 heteroatoms. The predicted molar refractivity (Wildman–Crippen MR) is 64.1 cm³/mol. The zero-order chi connectivity index (χ0) is 12.2. The molecule has 0 aliphatic rings. The van der Waals surface area contributed by atoms with Gasteiger partial charge >= 0.3 is 0 Å². The summed E-state index contributed by atoms with van der Waals surface area (Å²) in [6.07, 6.45) is 4.95. The summed E-state index contributed by atoms with van der Waals surface area (Å²) in [6, 6.07) is 0. The van der Waals surface area contributed by atoms with Gasteiger partial charge in [0.1, 0.15) is 0 Å². The summed E-state index contributed by atoms with van der Waals surface area (Å²) in [4.78, 5) is 13.5. The van der Waals surface area contributed by atoms with E-state index in [0.29, 0.717) is 32.4 Å². The van der Waals surface area contributed by atoms with Gasteiger partial charge in [-0.1, -0.05) is 19.8 Å². The predicted octanol–water partition coefficient (Wildman–Crippen LogP) is 1.16. The number of aliphatic hydroxyl groups is 2. The van der Waals surface area contributed by atoms with E-state index in [9.17, 15) is 4.79 Å². The lowest BCUT2D eigenvalue weighted by Gasteiger charge is -2.22. The minimum Gasteiger partial charge on any atom is -0.396 e. The first-order chi connectivity index (χ1) is 7.76. The molecule has 16 heavy (non-hydrogen) atoms. The third kappa shape index (κ3) is 7.65. The molecule has 0 atom stereocenters. The van der Waals surface area contributed by atoms with Crippen LogP contribution in [0.3, 0.4) is 0 Å². The van der Waals surface area contributed by atoms with Crippen LogP contribution < -0.4 is 0 Å². The molecule has 4 nitrogen and oxygen atoms in total. The Bertz CT molecular complexity index is 166. The lowest BCUT2D eigenvalue weighted by molar-refractivity contribution is -0.131. The Morgan fingerprint density at radius 3 is 2.00 bits per heavy atom. The van der Waals surface area contributed by atoms with E-state index in [4.69, 9.17) is 10.2 Å². The van der Waals surface area contributed by atoms with Crippen molar-refractivity contribution in [1.82, 2.24) is 4.90 Å². The fourth-order valence-electron chi connectivity index (χ4n) is 1.57. The highest BCUT2D eigenvalue weighted by atomic mass is 16.3. The molecule has 0 fully saturated rings. The van der Waals surface area contributed by atoms with Gasteiger partial charge in [-0.25, -0.2) is 0 Å². The van der Waals surface area contributed by atoms with Gasteiger partial charge < -0.3 is 15.1 Å². The summed E-state index contributed by atoms with van der Waals surface area (Å²) in [7, 11) is 0. The van der Waals surface area contributed by atoms with Crippen molar-refractivity contribution >= 4 is 5.91 Å². The number of unbranched alkanes of at least 4 members (excludes halogenated alkanes) is 2. The number of hydrogen-bond donors (Lipinski definition) is 2. The molecular weight excluding hydrogens is 206 g/mol. The molecule has 0 unspecified atom stereocenters. The third-order valence-electron chi connectivity index (χ3n) is 2.52. The zero-order valence-corrected chi connectivity index (χ0v) is 10.3. The molecule has 0 spiro atoms. The van der Waals surface area contributed by atoms with Crippen LogP contribution in [-0.2, 0) is 4.79 Å². The van der Waals surface area contributed by atoms with Crippen LogP contribution in [-0.4, -0.2) is 47.3 Å². The lowest BCUT2D eigenvalue weighted by atomic mass is 10.2. The van der Waals surface area contributed by atoms with Crippen LogP contribution in [0.25, 0.3) is 0 Å². The summed E-state index contributed by atoms with van der Waals surface area (Å²) >= 11 is 0. The summed E-state index contributed by atoms with van der Waals surface area (Å²) in [5.74, 6) is 0.148. The second kappa shape index (κ2) is 10.9. The van der Waals surface area contributed by atoms with Crippen LogP contribution in [0.2, 0.25) is 0 Å². The van der Waals surface area contributed by atoms with Crippen LogP contribution in [0.15, 0.2) is 0 Å². The molecule has 0 saturated heterocycles. The summed E-state index contributed by atoms with van der Waals surface area (Å²) in [5, 5.41) is 17.5. The lowest BCUT2D eigenvalue weighted by Crippen LogP contribution is -2.33. The normalized spacial score (nSPS) is 10.4. The Morgan fingerprint density at radius 2 is 1.56 bits per heavy atom. The van der Waals surface area contributed by atoms with E-state index in [1.54, 1.807) is 4.90 Å². The summed E-state index contributed by atoms with van der Waals surface area (Å²) in [5.41, 5.74) is 0. The van der Waals surface area contributed by atoms with Gasteiger partial charge in [0.25, 0.3) is 0 Å². The summed E-state index contributed by atoms with van der Waals surface area (Å²) < 4.78 is 0. The molecule has 0 radical (unpaired) electrons. The van der Waals surface area contributed by atoms with Crippen molar-refractivity contribution in [1.29, 1.82) is 0 Å². The van der Waals surface area contributed by atoms with E-state index in [0.717, 1.165) is 19.3 Å². The number of carbonyl (C=O) groups is 1. The van der Waals surface area contributed by atoms with Gasteiger partial charge in [0.05, 0.1) is 0 Å². The van der Waals surface area contributed by atoms with E-state index < -0.39 is 0 Å². The van der Waals surface area contributed by atoms with Gasteiger partial charge in [0.2, 0.25) is 5.91 Å². The Kier molecular flexibility index (Phi) is 10.5. The molecule has 0 aliphatic carbocycles. The number of nitrogens with zero attached hydrogens (tertiary/aromatic N) is 1. The van der Waals surface area contributed by atoms with E-state index >= 15 is 0 Å². The fraction of sp³-hybridized carbons (Fsp3) is 0.917. The average molecular weight is 231 g/mol. The molecule has 0 bridgehead atoms. The second-order valence-corrected chi connectivity index (χ2v) is 3.99. The van der Waals surface area contributed by atoms with Crippen LogP contribution in [0.1, 0.15) is 45.4 Å². The first-order valence-electron chi connectivity index (χ1n) is 6.25. The van der Waals surface area contributed by atoms with Crippen LogP contribution in [0.5, 0.6) is 0 Å². The maximum atomic E-state index is 11.8. The average Bonchev–Trinajstić information content (AvgIpc) is 2.29. The maximum absolute atomic E-state index is 11.8. The number of aliphatic hydroxyl groups excluding tert-OH is 2. The highest BCUT2D eigenvalue weighted by molar-refractivity contribution is 5.76. The number of rotatable bonds is 10. The molecule has 0 heterocycles. The van der Waals surface area contributed by atoms with Crippen molar-refractivity contribution in [2.45, 2.75) is 45.4 Å². The van der Waals surface area contributed by atoms with E-state index in [1.165, 1.54) is 0 Å². The van der Waals surface area contributed by atoms with Gasteiger partial charge in [-0.3, -0.25) is 4.79 Å². The van der Waals surface area contributed by atoms with Gasteiger partial charge in [-0.15, -0.1) is 0 Å². The zero-order valence-electron chi connectivity index (χ0n) is 10.3. The Balaban J connectivity index is 3.88. The Morgan fingerprint density at radius 1 is 1.00 bits per heavy atom. The third-order valence-corrected chi connectivity index (χ3v) is 2.52. The second-order valence-electron chi connectivity index (χ2n) is 3.99. The minimum atomic E-state index is 0.109. The van der Waals surface area contributed by atoms with Crippen molar-refractivity contribution in [3.8, 4) is 0 Å². The van der Waals surface area contributed by atoms with E-state index in [1.807, 2.05) is 0 Å². The molecule has 1 amide bonds. The smallest absolute Gasteiger partial charge is 0.222 e. The Labute approximate surface area is 98.3 Å². The maximum Gasteiger partial charge on any atom is 0.222 e. The molecule has 0 aromatic carbocycles. The topological polar surface area (TPSA) is 60.8 Å². The first kappa shape index (κ1) is 15.4. The molecule has 0 saturated carbocycles. The molecule has 0 aromatic rings. The van der Waals surface area contributed by atoms with Gasteiger partial charge in [0.15, 0.2) is 0 Å². The van der Waals surface area contributed by atoms with Crippen LogP contribution in [0, 0.1) is 0 Å². The highest BCUT2D eigenvalue weighted by Gasteiger charge is 2.11. The van der Waals surface area contributed by atoms with Gasteiger partial charge in [0, 0.05) is 32.7 Å². The van der Waals surface area contributed by atoms with Gasteiger partial charge in [-0.05, 0) is 19.3 Å². The van der Waals surface area contributed by atoms with Crippen molar-refractivity contribution in [3.63, 3.8) is 0 Å². The number of hydrogen-bond acceptors (Lipinski definition) is 3. The van der Waals surface area contributed by atoms with E-state index in [2.05, 4.69) is 6.92 Å². The largest absolute Gasteiger partial charge is 0.396 e. The van der Waals surface area contributed by atoms with Crippen LogP contribution in [0.4, 0.5) is 0 Å². The molecule has 0 rings (SSSR count). The van der Waals surface area contributed by atoms with Crippen LogP contribution >= 0.6 is 0 Å². The monoisotopic (exact) mass is 231 g/mol. The molecule has 0 aromatic heterocycles.